The average molecular weight is 740 g/mol. The van der Waals surface area contributed by atoms with Crippen LogP contribution in [0.4, 0.5) is 17.1 Å². The van der Waals surface area contributed by atoms with Gasteiger partial charge in [-0.1, -0.05) is 182 Å². The molecule has 11 rings (SSSR count). The van der Waals surface area contributed by atoms with Crippen molar-refractivity contribution in [1.82, 2.24) is 0 Å². The molecular weight excluding hydrogens is 703 g/mol. The van der Waals surface area contributed by atoms with Gasteiger partial charge in [0.15, 0.2) is 0 Å². The Bertz CT molecular complexity index is 3260. The molecule has 10 aromatic carbocycles. The van der Waals surface area contributed by atoms with Crippen molar-refractivity contribution in [2.24, 2.45) is 0 Å². The van der Waals surface area contributed by atoms with Gasteiger partial charge in [-0.3, -0.25) is 0 Å². The zero-order valence-corrected chi connectivity index (χ0v) is 31.7. The number of furan rings is 1. The molecule has 11 aromatic rings. The van der Waals surface area contributed by atoms with Crippen LogP contribution in [0.15, 0.2) is 229 Å². The molecule has 1 heterocycles. The normalized spacial score (nSPS) is 11.4. The van der Waals surface area contributed by atoms with Crippen molar-refractivity contribution in [3.63, 3.8) is 0 Å². The Morgan fingerprint density at radius 3 is 1.50 bits per heavy atom. The highest BCUT2D eigenvalue weighted by Gasteiger charge is 2.18. The summed E-state index contributed by atoms with van der Waals surface area (Å²) in [5.41, 5.74) is 14.3. The van der Waals surface area contributed by atoms with Gasteiger partial charge >= 0.3 is 0 Å². The molecule has 0 unspecified atom stereocenters. The van der Waals surface area contributed by atoms with Crippen LogP contribution in [0.5, 0.6) is 0 Å². The van der Waals surface area contributed by atoms with Gasteiger partial charge in [0.25, 0.3) is 0 Å². The van der Waals surface area contributed by atoms with Crippen LogP contribution >= 0.6 is 0 Å². The third-order valence-corrected chi connectivity index (χ3v) is 11.5. The Labute approximate surface area is 337 Å². The first-order valence-corrected chi connectivity index (χ1v) is 19.8. The zero-order chi connectivity index (χ0) is 38.4. The van der Waals surface area contributed by atoms with Crippen LogP contribution in [0, 0.1) is 0 Å². The molecule has 0 atom stereocenters. The van der Waals surface area contributed by atoms with E-state index in [-0.39, 0.29) is 0 Å². The molecule has 1 aromatic heterocycles. The summed E-state index contributed by atoms with van der Waals surface area (Å²) in [4.78, 5) is 2.34. The maximum atomic E-state index is 6.90. The van der Waals surface area contributed by atoms with Gasteiger partial charge in [0, 0.05) is 39.0 Å². The first-order valence-electron chi connectivity index (χ1n) is 19.8. The molecule has 0 N–H and O–H groups in total. The third kappa shape index (κ3) is 5.91. The standard InChI is InChI=1S/C56H37NO/c1-2-12-38(13-3-1)40-26-31-46(32-27-40)57(48-35-30-39-14-4-5-16-44(39)37-48)47-33-28-41(29-34-47)43-18-8-19-45(36-43)50-21-10-24-53-54-25-11-23-52(56(54)58-55(50)53)51-22-9-17-42-15-6-7-20-49(42)51/h1-37H. The largest absolute Gasteiger partial charge is 0.455 e. The van der Waals surface area contributed by atoms with E-state index in [9.17, 15) is 0 Å². The van der Waals surface area contributed by atoms with Crippen LogP contribution in [0.1, 0.15) is 0 Å². The van der Waals surface area contributed by atoms with Gasteiger partial charge in [0.05, 0.1) is 0 Å². The van der Waals surface area contributed by atoms with Crippen LogP contribution in [-0.2, 0) is 0 Å². The lowest BCUT2D eigenvalue weighted by molar-refractivity contribution is 0.671. The summed E-state index contributed by atoms with van der Waals surface area (Å²) in [6.07, 6.45) is 0. The second-order valence-electron chi connectivity index (χ2n) is 14.9. The lowest BCUT2D eigenvalue weighted by Crippen LogP contribution is -2.09. The Morgan fingerprint density at radius 2 is 0.741 bits per heavy atom. The molecule has 0 saturated heterocycles. The van der Waals surface area contributed by atoms with E-state index in [0.29, 0.717) is 0 Å². The van der Waals surface area contributed by atoms with Crippen LogP contribution < -0.4 is 4.90 Å². The highest BCUT2D eigenvalue weighted by atomic mass is 16.3. The van der Waals surface area contributed by atoms with E-state index in [4.69, 9.17) is 4.42 Å². The molecule has 0 saturated carbocycles. The molecule has 272 valence electrons. The molecule has 0 amide bonds. The van der Waals surface area contributed by atoms with E-state index in [1.54, 1.807) is 0 Å². The number of anilines is 3. The average Bonchev–Trinajstić information content (AvgIpc) is 3.69. The number of hydrogen-bond acceptors (Lipinski definition) is 2. The van der Waals surface area contributed by atoms with Gasteiger partial charge in [-0.2, -0.15) is 0 Å². The van der Waals surface area contributed by atoms with Gasteiger partial charge in [-0.25, -0.2) is 0 Å². The highest BCUT2D eigenvalue weighted by molar-refractivity contribution is 6.15. The van der Waals surface area contributed by atoms with Crippen LogP contribution in [0.25, 0.3) is 88.0 Å². The lowest BCUT2D eigenvalue weighted by atomic mass is 9.96. The van der Waals surface area contributed by atoms with Crippen molar-refractivity contribution in [2.45, 2.75) is 0 Å². The molecule has 0 spiro atoms. The van der Waals surface area contributed by atoms with E-state index in [2.05, 4.69) is 229 Å². The summed E-state index contributed by atoms with van der Waals surface area (Å²) in [5, 5.41) is 7.12. The number of benzene rings is 10. The molecule has 0 aliphatic rings. The summed E-state index contributed by atoms with van der Waals surface area (Å²) in [6, 6.07) is 80.5. The lowest BCUT2D eigenvalue weighted by Gasteiger charge is -2.26. The summed E-state index contributed by atoms with van der Waals surface area (Å²) >= 11 is 0. The van der Waals surface area contributed by atoms with E-state index in [1.807, 2.05) is 0 Å². The molecule has 0 aliphatic carbocycles. The van der Waals surface area contributed by atoms with Crippen LogP contribution in [-0.4, -0.2) is 0 Å². The van der Waals surface area contributed by atoms with Gasteiger partial charge in [0.1, 0.15) is 11.2 Å². The maximum Gasteiger partial charge on any atom is 0.143 e. The van der Waals surface area contributed by atoms with E-state index >= 15 is 0 Å². The Balaban J connectivity index is 0.966. The second kappa shape index (κ2) is 14.1. The Kier molecular flexibility index (Phi) is 8.19. The molecule has 0 bridgehead atoms. The predicted molar refractivity (Wildman–Crippen MR) is 245 cm³/mol. The number of hydrogen-bond donors (Lipinski definition) is 0. The summed E-state index contributed by atoms with van der Waals surface area (Å²) < 4.78 is 6.90. The first kappa shape index (κ1) is 33.6. The second-order valence-corrected chi connectivity index (χ2v) is 14.9. The van der Waals surface area contributed by atoms with E-state index < -0.39 is 0 Å². The van der Waals surface area contributed by atoms with Crippen molar-refractivity contribution in [3.05, 3.63) is 224 Å². The van der Waals surface area contributed by atoms with Gasteiger partial charge < -0.3 is 9.32 Å². The maximum absolute atomic E-state index is 6.90. The van der Waals surface area contributed by atoms with Crippen molar-refractivity contribution >= 4 is 60.5 Å². The minimum Gasteiger partial charge on any atom is -0.455 e. The van der Waals surface area contributed by atoms with Crippen molar-refractivity contribution < 1.29 is 4.42 Å². The van der Waals surface area contributed by atoms with Gasteiger partial charge in [-0.15, -0.1) is 0 Å². The number of rotatable bonds is 7. The molecule has 0 radical (unpaired) electrons. The Morgan fingerprint density at radius 1 is 0.259 bits per heavy atom. The SMILES string of the molecule is c1ccc(-c2ccc(N(c3ccc(-c4cccc(-c5cccc6c5oc5c(-c7cccc8ccccc78)cccc56)c4)cc3)c3ccc4ccccc4c3)cc2)cc1. The quantitative estimate of drug-likeness (QED) is 0.162. The number of para-hydroxylation sites is 2. The summed E-state index contributed by atoms with van der Waals surface area (Å²) in [6.45, 7) is 0. The minimum atomic E-state index is 0.905. The molecule has 0 aliphatic heterocycles. The predicted octanol–water partition coefficient (Wildman–Crippen LogP) is 16.0. The van der Waals surface area contributed by atoms with Crippen molar-refractivity contribution in [2.75, 3.05) is 4.90 Å². The topological polar surface area (TPSA) is 16.4 Å². The summed E-state index contributed by atoms with van der Waals surface area (Å²) in [7, 11) is 0. The number of fused-ring (bicyclic) bond motifs is 5. The number of nitrogens with zero attached hydrogens (tertiary/aromatic N) is 1. The molecule has 2 nitrogen and oxygen atoms in total. The van der Waals surface area contributed by atoms with Crippen molar-refractivity contribution in [3.8, 4) is 44.5 Å². The third-order valence-electron chi connectivity index (χ3n) is 11.5. The van der Waals surface area contributed by atoms with Gasteiger partial charge in [0.2, 0.25) is 0 Å². The summed E-state index contributed by atoms with van der Waals surface area (Å²) in [5.74, 6) is 0. The zero-order valence-electron chi connectivity index (χ0n) is 31.7. The fourth-order valence-corrected chi connectivity index (χ4v) is 8.59. The minimum absolute atomic E-state index is 0.905. The van der Waals surface area contributed by atoms with Crippen LogP contribution in [0.3, 0.4) is 0 Å². The van der Waals surface area contributed by atoms with Crippen molar-refractivity contribution in [1.29, 1.82) is 0 Å². The Hall–Kier alpha value is -7.68. The molecular formula is C56H37NO. The van der Waals surface area contributed by atoms with Gasteiger partial charge in [-0.05, 0) is 97.4 Å². The first-order chi connectivity index (χ1) is 28.7. The monoisotopic (exact) mass is 739 g/mol. The van der Waals surface area contributed by atoms with E-state index in [0.717, 1.165) is 66.8 Å². The molecule has 2 heteroatoms. The molecule has 0 fully saturated rings. The molecule has 58 heavy (non-hydrogen) atoms. The smallest absolute Gasteiger partial charge is 0.143 e. The fraction of sp³-hybridized carbons (Fsp3) is 0. The van der Waals surface area contributed by atoms with Crippen LogP contribution in [0.2, 0.25) is 0 Å². The fourth-order valence-electron chi connectivity index (χ4n) is 8.59. The van der Waals surface area contributed by atoms with E-state index in [1.165, 1.54) is 38.2 Å². The highest BCUT2D eigenvalue weighted by Crippen LogP contribution is 2.43.